The van der Waals surface area contributed by atoms with Crippen LogP contribution in [0, 0.1) is 11.7 Å². The fourth-order valence-electron chi connectivity index (χ4n) is 2.35. The molecule has 104 valence electrons. The molecule has 1 amide bonds. The molecule has 1 aliphatic carbocycles. The largest absolute Gasteiger partial charge is 0.393 e. The second kappa shape index (κ2) is 6.48. The van der Waals surface area contributed by atoms with Crippen LogP contribution < -0.4 is 5.32 Å². The number of nitrogens with one attached hydrogen (secondary N) is 1. The molecule has 19 heavy (non-hydrogen) atoms. The van der Waals surface area contributed by atoms with Gasteiger partial charge in [0.2, 0.25) is 0 Å². The maximum Gasteiger partial charge on any atom is 0.252 e. The van der Waals surface area contributed by atoms with E-state index in [2.05, 4.69) is 21.2 Å². The highest BCUT2D eigenvalue weighted by Crippen LogP contribution is 2.24. The number of benzene rings is 1. The molecule has 0 unspecified atom stereocenters. The Kier molecular flexibility index (Phi) is 4.93. The van der Waals surface area contributed by atoms with Crippen molar-refractivity contribution in [2.45, 2.75) is 31.8 Å². The van der Waals surface area contributed by atoms with Crippen molar-refractivity contribution in [1.29, 1.82) is 0 Å². The first-order valence-electron chi connectivity index (χ1n) is 6.47. The molecule has 0 aromatic heterocycles. The Balaban J connectivity index is 1.87. The SMILES string of the molecule is O=C(NCC1CCC(O)CC1)c1ccc(F)cc1Br. The summed E-state index contributed by atoms with van der Waals surface area (Å²) >= 11 is 3.19. The first kappa shape index (κ1) is 14.5. The predicted octanol–water partition coefficient (Wildman–Crippen LogP) is 2.87. The van der Waals surface area contributed by atoms with Gasteiger partial charge in [-0.15, -0.1) is 0 Å². The van der Waals surface area contributed by atoms with Crippen LogP contribution in [0.2, 0.25) is 0 Å². The monoisotopic (exact) mass is 329 g/mol. The van der Waals surface area contributed by atoms with Crippen LogP contribution in [-0.2, 0) is 0 Å². The van der Waals surface area contributed by atoms with Gasteiger partial charge in [-0.05, 0) is 65.7 Å². The minimum Gasteiger partial charge on any atom is -0.393 e. The topological polar surface area (TPSA) is 49.3 Å². The summed E-state index contributed by atoms with van der Waals surface area (Å²) in [5, 5.41) is 12.3. The lowest BCUT2D eigenvalue weighted by Crippen LogP contribution is -2.32. The molecule has 1 aromatic rings. The number of hydrogen-bond acceptors (Lipinski definition) is 2. The Morgan fingerprint density at radius 1 is 1.37 bits per heavy atom. The maximum atomic E-state index is 12.9. The van der Waals surface area contributed by atoms with Gasteiger partial charge in [-0.1, -0.05) is 0 Å². The molecule has 5 heteroatoms. The third-order valence-corrected chi connectivity index (χ3v) is 4.20. The first-order valence-corrected chi connectivity index (χ1v) is 7.27. The van der Waals surface area contributed by atoms with Crippen LogP contribution in [0.3, 0.4) is 0 Å². The number of carbonyl (C=O) groups excluding carboxylic acids is 1. The molecular weight excluding hydrogens is 313 g/mol. The van der Waals surface area contributed by atoms with Crippen molar-refractivity contribution in [3.05, 3.63) is 34.1 Å². The molecule has 2 N–H and O–H groups in total. The minimum atomic E-state index is -0.371. The Hall–Kier alpha value is -0.940. The van der Waals surface area contributed by atoms with E-state index in [9.17, 15) is 14.3 Å². The normalized spacial score (nSPS) is 23.1. The molecule has 1 fully saturated rings. The van der Waals surface area contributed by atoms with E-state index in [4.69, 9.17) is 0 Å². The molecule has 0 bridgehead atoms. The fourth-order valence-corrected chi connectivity index (χ4v) is 2.89. The lowest BCUT2D eigenvalue weighted by atomic mass is 9.87. The van der Waals surface area contributed by atoms with Gasteiger partial charge in [-0.3, -0.25) is 4.79 Å². The summed E-state index contributed by atoms with van der Waals surface area (Å²) in [5.41, 5.74) is 0.442. The standard InChI is InChI=1S/C14H17BrFNO2/c15-13-7-10(16)3-6-12(13)14(19)17-8-9-1-4-11(18)5-2-9/h3,6-7,9,11,18H,1-2,4-5,8H2,(H,17,19). The molecule has 0 heterocycles. The van der Waals surface area contributed by atoms with Gasteiger partial charge in [0.1, 0.15) is 5.82 Å². The molecule has 1 saturated carbocycles. The van der Waals surface area contributed by atoms with Crippen LogP contribution in [-0.4, -0.2) is 23.7 Å². The van der Waals surface area contributed by atoms with Gasteiger partial charge in [0.05, 0.1) is 11.7 Å². The average Bonchev–Trinajstić information content (AvgIpc) is 2.37. The molecule has 2 rings (SSSR count). The van der Waals surface area contributed by atoms with Crippen molar-refractivity contribution < 1.29 is 14.3 Å². The van der Waals surface area contributed by atoms with E-state index < -0.39 is 0 Å². The molecule has 0 aliphatic heterocycles. The third kappa shape index (κ3) is 4.01. The number of aliphatic hydroxyl groups is 1. The van der Waals surface area contributed by atoms with Gasteiger partial charge >= 0.3 is 0 Å². The fraction of sp³-hybridized carbons (Fsp3) is 0.500. The molecule has 0 radical (unpaired) electrons. The number of hydrogen-bond donors (Lipinski definition) is 2. The van der Waals surface area contributed by atoms with Crippen LogP contribution in [0.5, 0.6) is 0 Å². The lowest BCUT2D eigenvalue weighted by Gasteiger charge is -2.25. The number of aliphatic hydroxyl groups excluding tert-OH is 1. The quantitative estimate of drug-likeness (QED) is 0.895. The smallest absolute Gasteiger partial charge is 0.252 e. The van der Waals surface area contributed by atoms with Crippen LogP contribution in [0.25, 0.3) is 0 Å². The van der Waals surface area contributed by atoms with E-state index in [1.807, 2.05) is 0 Å². The number of carbonyl (C=O) groups is 1. The summed E-state index contributed by atoms with van der Waals surface area (Å²) in [7, 11) is 0. The van der Waals surface area contributed by atoms with E-state index in [1.165, 1.54) is 18.2 Å². The van der Waals surface area contributed by atoms with E-state index in [-0.39, 0.29) is 17.8 Å². The average molecular weight is 330 g/mol. The van der Waals surface area contributed by atoms with Gasteiger partial charge in [-0.25, -0.2) is 4.39 Å². The second-order valence-corrected chi connectivity index (χ2v) is 5.86. The van der Waals surface area contributed by atoms with Gasteiger partial charge in [0, 0.05) is 11.0 Å². The zero-order valence-corrected chi connectivity index (χ0v) is 12.1. The van der Waals surface area contributed by atoms with Crippen LogP contribution >= 0.6 is 15.9 Å². The Labute approximate surface area is 120 Å². The lowest BCUT2D eigenvalue weighted by molar-refractivity contribution is 0.0909. The van der Waals surface area contributed by atoms with Crippen LogP contribution in [0.4, 0.5) is 4.39 Å². The van der Waals surface area contributed by atoms with Crippen molar-refractivity contribution in [3.63, 3.8) is 0 Å². The highest BCUT2D eigenvalue weighted by Gasteiger charge is 2.20. The number of halogens is 2. The Morgan fingerprint density at radius 2 is 2.05 bits per heavy atom. The number of rotatable bonds is 3. The zero-order valence-electron chi connectivity index (χ0n) is 10.5. The first-order chi connectivity index (χ1) is 9.06. The van der Waals surface area contributed by atoms with Crippen molar-refractivity contribution in [2.75, 3.05) is 6.54 Å². The summed E-state index contributed by atoms with van der Waals surface area (Å²) in [5.74, 6) is -0.144. The second-order valence-electron chi connectivity index (χ2n) is 5.01. The third-order valence-electron chi connectivity index (χ3n) is 3.54. The minimum absolute atomic E-state index is 0.182. The zero-order chi connectivity index (χ0) is 13.8. The number of amides is 1. The van der Waals surface area contributed by atoms with Crippen molar-refractivity contribution in [1.82, 2.24) is 5.32 Å². The summed E-state index contributed by atoms with van der Waals surface area (Å²) in [6.07, 6.45) is 3.30. The van der Waals surface area contributed by atoms with Gasteiger partial charge in [0.15, 0.2) is 0 Å². The van der Waals surface area contributed by atoms with Crippen molar-refractivity contribution in [3.8, 4) is 0 Å². The highest BCUT2D eigenvalue weighted by atomic mass is 79.9. The van der Waals surface area contributed by atoms with Crippen LogP contribution in [0.15, 0.2) is 22.7 Å². The molecule has 0 saturated heterocycles. The van der Waals surface area contributed by atoms with Crippen molar-refractivity contribution >= 4 is 21.8 Å². The molecule has 0 atom stereocenters. The van der Waals surface area contributed by atoms with E-state index in [0.29, 0.717) is 22.5 Å². The maximum absolute atomic E-state index is 12.9. The van der Waals surface area contributed by atoms with Crippen molar-refractivity contribution in [2.24, 2.45) is 5.92 Å². The molecule has 1 aliphatic rings. The molecular formula is C14H17BrFNO2. The summed E-state index contributed by atoms with van der Waals surface area (Å²) in [6.45, 7) is 0.607. The van der Waals surface area contributed by atoms with E-state index >= 15 is 0 Å². The summed E-state index contributed by atoms with van der Waals surface area (Å²) in [6, 6.07) is 4.03. The van der Waals surface area contributed by atoms with E-state index in [1.54, 1.807) is 0 Å². The van der Waals surface area contributed by atoms with Gasteiger partial charge < -0.3 is 10.4 Å². The van der Waals surface area contributed by atoms with Crippen LogP contribution in [0.1, 0.15) is 36.0 Å². The Bertz CT molecular complexity index is 459. The van der Waals surface area contributed by atoms with Gasteiger partial charge in [-0.2, -0.15) is 0 Å². The molecule has 3 nitrogen and oxygen atoms in total. The summed E-state index contributed by atoms with van der Waals surface area (Å²) in [4.78, 5) is 12.0. The van der Waals surface area contributed by atoms with Gasteiger partial charge in [0.25, 0.3) is 5.91 Å². The Morgan fingerprint density at radius 3 is 2.68 bits per heavy atom. The van der Waals surface area contributed by atoms with E-state index in [0.717, 1.165) is 25.7 Å². The molecule has 0 spiro atoms. The predicted molar refractivity (Wildman–Crippen MR) is 74.4 cm³/mol. The molecule has 1 aromatic carbocycles. The summed E-state index contributed by atoms with van der Waals surface area (Å²) < 4.78 is 13.4. The highest BCUT2D eigenvalue weighted by molar-refractivity contribution is 9.10.